The summed E-state index contributed by atoms with van der Waals surface area (Å²) in [6.45, 7) is 2.77. The second kappa shape index (κ2) is 7.16. The molecule has 2 atom stereocenters. The van der Waals surface area contributed by atoms with E-state index in [0.29, 0.717) is 13.1 Å². The molecule has 1 aromatic carbocycles. The zero-order chi connectivity index (χ0) is 16.4. The van der Waals surface area contributed by atoms with Gasteiger partial charge in [0.1, 0.15) is 5.82 Å². The molecule has 0 aliphatic carbocycles. The number of carbonyl (C=O) groups excluding carboxylic acids is 1. The monoisotopic (exact) mass is 340 g/mol. The zero-order valence-electron chi connectivity index (χ0n) is 13.0. The molecule has 1 N–H and O–H groups in total. The third kappa shape index (κ3) is 3.67. The minimum atomic E-state index is -0.534. The van der Waals surface area contributed by atoms with Crippen molar-refractivity contribution < 1.29 is 14.3 Å². The summed E-state index contributed by atoms with van der Waals surface area (Å²) in [5, 5.41) is 10.6. The van der Waals surface area contributed by atoms with Gasteiger partial charge in [0.15, 0.2) is 0 Å². The number of hydrogen-bond acceptors (Lipinski definition) is 3. The molecule has 0 unspecified atom stereocenters. The van der Waals surface area contributed by atoms with Gasteiger partial charge in [0.2, 0.25) is 5.91 Å². The molecule has 23 heavy (non-hydrogen) atoms. The lowest BCUT2D eigenvalue weighted by molar-refractivity contribution is -0.129. The van der Waals surface area contributed by atoms with E-state index in [4.69, 9.17) is 11.6 Å². The number of carbonyl (C=O) groups is 1. The lowest BCUT2D eigenvalue weighted by Gasteiger charge is -2.33. The molecule has 2 aliphatic heterocycles. The first-order valence-corrected chi connectivity index (χ1v) is 8.57. The normalized spacial score (nSPS) is 25.8. The lowest BCUT2D eigenvalue weighted by atomic mass is 10.1. The lowest BCUT2D eigenvalue weighted by Crippen LogP contribution is -2.46. The predicted molar refractivity (Wildman–Crippen MR) is 86.9 cm³/mol. The third-order valence-electron chi connectivity index (χ3n) is 4.86. The Morgan fingerprint density at radius 1 is 1.26 bits per heavy atom. The minimum Gasteiger partial charge on any atom is -0.390 e. The van der Waals surface area contributed by atoms with Crippen LogP contribution in [-0.4, -0.2) is 59.1 Å². The summed E-state index contributed by atoms with van der Waals surface area (Å²) in [4.78, 5) is 16.4. The predicted octanol–water partition coefficient (Wildman–Crippen LogP) is 2.08. The van der Waals surface area contributed by atoms with Gasteiger partial charge in [0.25, 0.3) is 0 Å². The number of rotatable bonds is 3. The van der Waals surface area contributed by atoms with E-state index < -0.39 is 11.9 Å². The average molecular weight is 341 g/mol. The molecule has 4 nitrogen and oxygen atoms in total. The SMILES string of the molecule is O=C(Cc1c(F)cccc1Cl)N1C[C@H](O)[C@@H](N2CCCCC2)C1. The summed E-state index contributed by atoms with van der Waals surface area (Å²) in [5.41, 5.74) is 0.232. The summed E-state index contributed by atoms with van der Waals surface area (Å²) in [6.07, 6.45) is 2.91. The van der Waals surface area contributed by atoms with Crippen molar-refractivity contribution in [3.8, 4) is 0 Å². The molecule has 2 saturated heterocycles. The number of aliphatic hydroxyl groups excluding tert-OH is 1. The quantitative estimate of drug-likeness (QED) is 0.916. The van der Waals surface area contributed by atoms with Gasteiger partial charge in [-0.15, -0.1) is 0 Å². The first-order valence-electron chi connectivity index (χ1n) is 8.19. The Morgan fingerprint density at radius 2 is 2.00 bits per heavy atom. The van der Waals surface area contributed by atoms with Crippen LogP contribution in [0.15, 0.2) is 18.2 Å². The molecule has 0 spiro atoms. The largest absolute Gasteiger partial charge is 0.390 e. The smallest absolute Gasteiger partial charge is 0.227 e. The van der Waals surface area contributed by atoms with Crippen LogP contribution in [0, 0.1) is 5.82 Å². The van der Waals surface area contributed by atoms with Crippen LogP contribution in [0.4, 0.5) is 4.39 Å². The number of aliphatic hydroxyl groups is 1. The van der Waals surface area contributed by atoms with Crippen LogP contribution in [0.2, 0.25) is 5.02 Å². The standard InChI is InChI=1S/C17H22ClFN2O2/c18-13-5-4-6-14(19)12(13)9-17(23)21-10-15(16(22)11-21)20-7-2-1-3-8-20/h4-6,15-16,22H,1-3,7-11H2/t15-,16-/m0/s1. The Kier molecular flexibility index (Phi) is 5.19. The van der Waals surface area contributed by atoms with Crippen molar-refractivity contribution in [3.63, 3.8) is 0 Å². The van der Waals surface area contributed by atoms with Crippen LogP contribution in [0.5, 0.6) is 0 Å². The van der Waals surface area contributed by atoms with E-state index in [1.54, 1.807) is 11.0 Å². The van der Waals surface area contributed by atoms with Crippen molar-refractivity contribution in [1.82, 2.24) is 9.80 Å². The van der Waals surface area contributed by atoms with E-state index in [1.807, 2.05) is 0 Å². The average Bonchev–Trinajstić information content (AvgIpc) is 2.94. The second-order valence-corrected chi connectivity index (χ2v) is 6.81. The Hall–Kier alpha value is -1.17. The molecule has 1 aromatic rings. The minimum absolute atomic E-state index is 0.00431. The number of β-amino-alcohol motifs (C(OH)–C–C–N with tert-alkyl or cyclic N) is 1. The van der Waals surface area contributed by atoms with Crippen LogP contribution in [0.25, 0.3) is 0 Å². The van der Waals surface area contributed by atoms with Crippen molar-refractivity contribution in [3.05, 3.63) is 34.6 Å². The van der Waals surface area contributed by atoms with Gasteiger partial charge in [-0.05, 0) is 38.1 Å². The molecule has 2 aliphatic rings. The molecule has 1 amide bonds. The van der Waals surface area contributed by atoms with Crippen LogP contribution in [0.3, 0.4) is 0 Å². The summed E-state index contributed by atoms with van der Waals surface area (Å²) in [7, 11) is 0. The first-order chi connectivity index (χ1) is 11.1. The molecule has 3 rings (SSSR count). The van der Waals surface area contributed by atoms with E-state index >= 15 is 0 Å². The van der Waals surface area contributed by atoms with Gasteiger partial charge in [0, 0.05) is 23.7 Å². The van der Waals surface area contributed by atoms with Gasteiger partial charge in [0.05, 0.1) is 18.6 Å². The highest BCUT2D eigenvalue weighted by Gasteiger charge is 2.38. The summed E-state index contributed by atoms with van der Waals surface area (Å²) < 4.78 is 13.8. The number of nitrogens with zero attached hydrogens (tertiary/aromatic N) is 2. The molecule has 6 heteroatoms. The number of amides is 1. The van der Waals surface area contributed by atoms with Gasteiger partial charge in [-0.25, -0.2) is 4.39 Å². The molecule has 2 fully saturated rings. The van der Waals surface area contributed by atoms with Crippen molar-refractivity contribution >= 4 is 17.5 Å². The number of hydrogen-bond donors (Lipinski definition) is 1. The van der Waals surface area contributed by atoms with Gasteiger partial charge in [-0.2, -0.15) is 0 Å². The van der Waals surface area contributed by atoms with Crippen molar-refractivity contribution in [2.24, 2.45) is 0 Å². The molecule has 126 valence electrons. The van der Waals surface area contributed by atoms with Crippen LogP contribution in [0.1, 0.15) is 24.8 Å². The fourth-order valence-electron chi connectivity index (χ4n) is 3.55. The Balaban J connectivity index is 1.64. The third-order valence-corrected chi connectivity index (χ3v) is 5.22. The molecule has 0 saturated carbocycles. The second-order valence-electron chi connectivity index (χ2n) is 6.41. The first kappa shape index (κ1) is 16.7. The van der Waals surface area contributed by atoms with Crippen LogP contribution < -0.4 is 0 Å². The maximum atomic E-state index is 13.8. The molecular formula is C17H22ClFN2O2. The Bertz CT molecular complexity index is 557. The van der Waals surface area contributed by atoms with E-state index in [-0.39, 0.29) is 29.0 Å². The van der Waals surface area contributed by atoms with Crippen molar-refractivity contribution in [1.29, 1.82) is 0 Å². The molecule has 0 aromatic heterocycles. The maximum Gasteiger partial charge on any atom is 0.227 e. The number of piperidine rings is 1. The van der Waals surface area contributed by atoms with Gasteiger partial charge < -0.3 is 10.0 Å². The topological polar surface area (TPSA) is 43.8 Å². The fraction of sp³-hybridized carbons (Fsp3) is 0.588. The van der Waals surface area contributed by atoms with E-state index in [1.165, 1.54) is 18.6 Å². The summed E-state index contributed by atoms with van der Waals surface area (Å²) in [5.74, 6) is -0.645. The molecule has 0 bridgehead atoms. The molecule has 2 heterocycles. The Labute approximate surface area is 140 Å². The van der Waals surface area contributed by atoms with Crippen LogP contribution in [-0.2, 0) is 11.2 Å². The molecule has 0 radical (unpaired) electrons. The zero-order valence-corrected chi connectivity index (χ0v) is 13.8. The van der Waals surface area contributed by atoms with Crippen LogP contribution >= 0.6 is 11.6 Å². The highest BCUT2D eigenvalue weighted by molar-refractivity contribution is 6.31. The Morgan fingerprint density at radius 3 is 2.70 bits per heavy atom. The highest BCUT2D eigenvalue weighted by atomic mass is 35.5. The summed E-state index contributed by atoms with van der Waals surface area (Å²) >= 11 is 5.99. The maximum absolute atomic E-state index is 13.8. The number of halogens is 2. The number of benzene rings is 1. The number of likely N-dealkylation sites (tertiary alicyclic amines) is 2. The van der Waals surface area contributed by atoms with Crippen molar-refractivity contribution in [2.75, 3.05) is 26.2 Å². The summed E-state index contributed by atoms with van der Waals surface area (Å²) in [6, 6.07) is 4.42. The fourth-order valence-corrected chi connectivity index (χ4v) is 3.78. The van der Waals surface area contributed by atoms with Gasteiger partial charge in [-0.3, -0.25) is 9.69 Å². The highest BCUT2D eigenvalue weighted by Crippen LogP contribution is 2.24. The van der Waals surface area contributed by atoms with Crippen molar-refractivity contribution in [2.45, 2.75) is 37.8 Å². The van der Waals surface area contributed by atoms with E-state index in [9.17, 15) is 14.3 Å². The van der Waals surface area contributed by atoms with Gasteiger partial charge >= 0.3 is 0 Å². The van der Waals surface area contributed by atoms with Gasteiger partial charge in [-0.1, -0.05) is 24.1 Å². The molecular weight excluding hydrogens is 319 g/mol. The van der Waals surface area contributed by atoms with E-state index in [0.717, 1.165) is 25.9 Å². The van der Waals surface area contributed by atoms with E-state index in [2.05, 4.69) is 4.90 Å².